The number of benzene rings is 1. The average molecular weight is 296 g/mol. The van der Waals surface area contributed by atoms with Gasteiger partial charge in [0.2, 0.25) is 10.0 Å². The molecule has 2 rings (SSSR count). The van der Waals surface area contributed by atoms with Gasteiger partial charge in [0.1, 0.15) is 0 Å². The molecule has 20 heavy (non-hydrogen) atoms. The Balaban J connectivity index is 2.15. The van der Waals surface area contributed by atoms with Crippen molar-refractivity contribution in [2.24, 2.45) is 5.92 Å². The molecule has 0 aliphatic carbocycles. The molecule has 1 heterocycles. The molecule has 0 radical (unpaired) electrons. The summed E-state index contributed by atoms with van der Waals surface area (Å²) in [4.78, 5) is 0. The second-order valence-electron chi connectivity index (χ2n) is 5.49. The van der Waals surface area contributed by atoms with Crippen LogP contribution in [0.1, 0.15) is 25.8 Å². The molecule has 1 atom stereocenters. The molecular weight excluding hydrogens is 272 g/mol. The molecule has 1 aliphatic rings. The van der Waals surface area contributed by atoms with E-state index in [4.69, 9.17) is 0 Å². The van der Waals surface area contributed by atoms with Gasteiger partial charge < -0.3 is 5.32 Å². The third kappa shape index (κ3) is 3.52. The van der Waals surface area contributed by atoms with Gasteiger partial charge >= 0.3 is 0 Å². The minimum atomic E-state index is -3.22. The summed E-state index contributed by atoms with van der Waals surface area (Å²) in [6, 6.07) is 7.85. The Kier molecular flexibility index (Phi) is 5.05. The fourth-order valence-electron chi connectivity index (χ4n) is 2.68. The van der Waals surface area contributed by atoms with Crippen LogP contribution in [-0.2, 0) is 16.4 Å². The highest BCUT2D eigenvalue weighted by atomic mass is 32.2. The zero-order valence-electron chi connectivity index (χ0n) is 12.3. The molecule has 0 fully saturated rings. The lowest BCUT2D eigenvalue weighted by Crippen LogP contribution is -2.40. The van der Waals surface area contributed by atoms with Gasteiger partial charge in [-0.1, -0.05) is 32.0 Å². The van der Waals surface area contributed by atoms with Crippen LogP contribution in [0.2, 0.25) is 0 Å². The lowest BCUT2D eigenvalue weighted by atomic mass is 9.96. The molecule has 0 bridgehead atoms. The van der Waals surface area contributed by atoms with Crippen molar-refractivity contribution in [2.45, 2.75) is 26.7 Å². The molecule has 5 heteroatoms. The molecule has 1 N–H and O–H groups in total. The average Bonchev–Trinajstić information content (AvgIpc) is 2.42. The maximum absolute atomic E-state index is 12.6. The van der Waals surface area contributed by atoms with Crippen LogP contribution in [0.5, 0.6) is 0 Å². The smallest absolute Gasteiger partial charge is 0.235 e. The topological polar surface area (TPSA) is 49.4 Å². The summed E-state index contributed by atoms with van der Waals surface area (Å²) < 4.78 is 26.7. The number of nitrogens with one attached hydrogen (secondary N) is 1. The van der Waals surface area contributed by atoms with Crippen LogP contribution in [-0.4, -0.2) is 33.8 Å². The van der Waals surface area contributed by atoms with E-state index >= 15 is 0 Å². The molecule has 0 saturated carbocycles. The normalized spacial score (nSPS) is 18.9. The molecule has 1 unspecified atom stereocenters. The minimum absolute atomic E-state index is 0.209. The molecule has 112 valence electrons. The van der Waals surface area contributed by atoms with Crippen LogP contribution in [0.15, 0.2) is 24.3 Å². The number of para-hydroxylation sites is 1. The van der Waals surface area contributed by atoms with E-state index in [1.54, 1.807) is 4.31 Å². The first-order valence-corrected chi connectivity index (χ1v) is 8.94. The van der Waals surface area contributed by atoms with Gasteiger partial charge in [0.25, 0.3) is 0 Å². The summed E-state index contributed by atoms with van der Waals surface area (Å²) in [5.41, 5.74) is 2.01. The number of nitrogens with zero attached hydrogens (tertiary/aromatic N) is 1. The molecule has 0 saturated heterocycles. The van der Waals surface area contributed by atoms with Gasteiger partial charge in [0, 0.05) is 6.54 Å². The Labute approximate surface area is 122 Å². The maximum Gasteiger partial charge on any atom is 0.235 e. The van der Waals surface area contributed by atoms with E-state index < -0.39 is 10.0 Å². The van der Waals surface area contributed by atoms with Crippen molar-refractivity contribution < 1.29 is 8.42 Å². The van der Waals surface area contributed by atoms with Crippen molar-refractivity contribution in [3.63, 3.8) is 0 Å². The second kappa shape index (κ2) is 6.59. The third-order valence-electron chi connectivity index (χ3n) is 3.65. The quantitative estimate of drug-likeness (QED) is 0.817. The summed E-state index contributed by atoms with van der Waals surface area (Å²) in [7, 11) is -3.22. The summed E-state index contributed by atoms with van der Waals surface area (Å²) in [5, 5.41) is 3.17. The zero-order valence-corrected chi connectivity index (χ0v) is 13.1. The molecule has 0 aromatic heterocycles. The fraction of sp³-hybridized carbons (Fsp3) is 0.600. The van der Waals surface area contributed by atoms with Crippen molar-refractivity contribution in [1.29, 1.82) is 0 Å². The zero-order chi connectivity index (χ0) is 14.6. The maximum atomic E-state index is 12.6. The van der Waals surface area contributed by atoms with Crippen LogP contribution in [0.4, 0.5) is 5.69 Å². The van der Waals surface area contributed by atoms with Crippen molar-refractivity contribution in [3.05, 3.63) is 29.8 Å². The molecule has 1 aliphatic heterocycles. The summed E-state index contributed by atoms with van der Waals surface area (Å²) >= 11 is 0. The first kappa shape index (κ1) is 15.3. The van der Waals surface area contributed by atoms with Crippen LogP contribution in [0.25, 0.3) is 0 Å². The number of sulfonamides is 1. The van der Waals surface area contributed by atoms with E-state index in [2.05, 4.69) is 12.2 Å². The van der Waals surface area contributed by atoms with E-state index in [1.807, 2.05) is 31.2 Å². The number of hydrogen-bond acceptors (Lipinski definition) is 3. The monoisotopic (exact) mass is 296 g/mol. The van der Waals surface area contributed by atoms with Crippen LogP contribution in [0, 0.1) is 5.92 Å². The van der Waals surface area contributed by atoms with Crippen molar-refractivity contribution in [3.8, 4) is 0 Å². The van der Waals surface area contributed by atoms with Gasteiger partial charge in [-0.05, 0) is 43.5 Å². The molecule has 1 aromatic rings. The van der Waals surface area contributed by atoms with E-state index in [1.165, 1.54) is 0 Å². The summed E-state index contributed by atoms with van der Waals surface area (Å²) in [6.07, 6.45) is 1.61. The van der Waals surface area contributed by atoms with Crippen LogP contribution in [0.3, 0.4) is 0 Å². The molecule has 0 amide bonds. The van der Waals surface area contributed by atoms with E-state index in [9.17, 15) is 8.42 Å². The number of hydrogen-bond donors (Lipinski definition) is 1. The van der Waals surface area contributed by atoms with E-state index in [-0.39, 0.29) is 5.75 Å². The molecule has 1 aromatic carbocycles. The Morgan fingerprint density at radius 2 is 2.10 bits per heavy atom. The Morgan fingerprint density at radius 3 is 2.85 bits per heavy atom. The Hall–Kier alpha value is -1.07. The van der Waals surface area contributed by atoms with Crippen molar-refractivity contribution in [2.75, 3.05) is 29.7 Å². The van der Waals surface area contributed by atoms with Crippen LogP contribution < -0.4 is 9.62 Å². The van der Waals surface area contributed by atoms with Gasteiger partial charge in [-0.2, -0.15) is 0 Å². The lowest BCUT2D eigenvalue weighted by Gasteiger charge is -2.34. The highest BCUT2D eigenvalue weighted by Crippen LogP contribution is 2.31. The molecular formula is C15H24N2O2S. The van der Waals surface area contributed by atoms with Gasteiger partial charge in [-0.3, -0.25) is 4.31 Å². The minimum Gasteiger partial charge on any atom is -0.317 e. The largest absolute Gasteiger partial charge is 0.317 e. The second-order valence-corrected chi connectivity index (χ2v) is 7.51. The van der Waals surface area contributed by atoms with E-state index in [0.717, 1.165) is 30.8 Å². The first-order valence-electron chi connectivity index (χ1n) is 7.33. The first-order chi connectivity index (χ1) is 9.54. The standard InChI is InChI=1S/C15H24N2O2S/c1-3-16-9-6-10-20(18,19)17-12-13(2)11-14-7-4-5-8-15(14)17/h4-5,7-8,13,16H,3,6,9-12H2,1-2H3. The van der Waals surface area contributed by atoms with Crippen molar-refractivity contribution in [1.82, 2.24) is 5.32 Å². The number of rotatable bonds is 6. The predicted molar refractivity (Wildman–Crippen MR) is 83.6 cm³/mol. The molecule has 4 nitrogen and oxygen atoms in total. The summed E-state index contributed by atoms with van der Waals surface area (Å²) in [5.74, 6) is 0.578. The van der Waals surface area contributed by atoms with Gasteiger partial charge in [0.05, 0.1) is 11.4 Å². The van der Waals surface area contributed by atoms with Gasteiger partial charge in [-0.15, -0.1) is 0 Å². The highest BCUT2D eigenvalue weighted by molar-refractivity contribution is 7.92. The van der Waals surface area contributed by atoms with Gasteiger partial charge in [0.15, 0.2) is 0 Å². The summed E-state index contributed by atoms with van der Waals surface area (Å²) in [6.45, 7) is 6.36. The highest BCUT2D eigenvalue weighted by Gasteiger charge is 2.29. The third-order valence-corrected chi connectivity index (χ3v) is 5.47. The van der Waals surface area contributed by atoms with Crippen molar-refractivity contribution >= 4 is 15.7 Å². The van der Waals surface area contributed by atoms with Crippen LogP contribution >= 0.6 is 0 Å². The Bertz CT molecular complexity index is 543. The fourth-order valence-corrected chi connectivity index (χ4v) is 4.37. The Morgan fingerprint density at radius 1 is 1.35 bits per heavy atom. The number of fused-ring (bicyclic) bond motifs is 1. The van der Waals surface area contributed by atoms with Gasteiger partial charge in [-0.25, -0.2) is 8.42 Å². The van der Waals surface area contributed by atoms with E-state index in [0.29, 0.717) is 18.9 Å². The molecule has 0 spiro atoms. The lowest BCUT2D eigenvalue weighted by molar-refractivity contribution is 0.542. The predicted octanol–water partition coefficient (Wildman–Crippen LogP) is 2.01. The number of anilines is 1. The SMILES string of the molecule is CCNCCCS(=O)(=O)N1CC(C)Cc2ccccc21.